The number of aromatic amines is 1. The number of aromatic nitrogens is 4. The van der Waals surface area contributed by atoms with E-state index in [0.29, 0.717) is 23.6 Å². The molecule has 6 rings (SSSR count). The zero-order chi connectivity index (χ0) is 29.4. The second-order valence-corrected chi connectivity index (χ2v) is 11.1. The first-order valence-electron chi connectivity index (χ1n) is 14.1. The topological polar surface area (TPSA) is 103 Å². The van der Waals surface area contributed by atoms with Crippen molar-refractivity contribution in [2.24, 2.45) is 0 Å². The van der Waals surface area contributed by atoms with Crippen LogP contribution < -0.4 is 16.1 Å². The van der Waals surface area contributed by atoms with Crippen molar-refractivity contribution in [3.8, 4) is 34.0 Å². The minimum Gasteiger partial charge on any atom is -0.483 e. The summed E-state index contributed by atoms with van der Waals surface area (Å²) in [5.74, 6) is 1.23. The number of ether oxygens (including phenoxy) is 1. The van der Waals surface area contributed by atoms with E-state index in [0.717, 1.165) is 57.8 Å². The fraction of sp³-hybridized carbons (Fsp3) is 0.235. The number of rotatable bonds is 7. The van der Waals surface area contributed by atoms with E-state index in [1.807, 2.05) is 99.7 Å². The van der Waals surface area contributed by atoms with Crippen LogP contribution in [0.3, 0.4) is 0 Å². The molecule has 1 aliphatic heterocycles. The fourth-order valence-corrected chi connectivity index (χ4v) is 5.44. The summed E-state index contributed by atoms with van der Waals surface area (Å²) >= 11 is 0. The van der Waals surface area contributed by atoms with Gasteiger partial charge in [0.25, 0.3) is 5.56 Å². The molecule has 1 N–H and O–H groups in total. The number of hydrogen-bond acceptors (Lipinski definition) is 6. The van der Waals surface area contributed by atoms with Crippen molar-refractivity contribution in [1.29, 1.82) is 0 Å². The molecular formula is C34H32KN4O4. The third-order valence-corrected chi connectivity index (χ3v) is 7.47. The minimum atomic E-state index is -0.598. The number of fused-ring (bicyclic) bond motifs is 1. The molecule has 0 saturated heterocycles. The van der Waals surface area contributed by atoms with E-state index >= 15 is 0 Å². The Hall–Kier alpha value is -3.34. The summed E-state index contributed by atoms with van der Waals surface area (Å²) in [4.78, 5) is 33.1. The molecule has 0 saturated carbocycles. The molecule has 43 heavy (non-hydrogen) atoms. The Bertz CT molecular complexity index is 1930. The Morgan fingerprint density at radius 2 is 1.72 bits per heavy atom. The average Bonchev–Trinajstić information content (AvgIpc) is 3.41. The molecule has 0 atom stereocenters. The second-order valence-electron chi connectivity index (χ2n) is 11.1. The van der Waals surface area contributed by atoms with E-state index in [1.54, 1.807) is 4.57 Å². The summed E-state index contributed by atoms with van der Waals surface area (Å²) in [6.45, 7) is 8.01. The summed E-state index contributed by atoms with van der Waals surface area (Å²) in [5, 5.41) is 3.86. The van der Waals surface area contributed by atoms with Gasteiger partial charge in [-0.05, 0) is 68.2 Å². The molecule has 8 nitrogen and oxygen atoms in total. The molecule has 0 unspecified atom stereocenters. The summed E-state index contributed by atoms with van der Waals surface area (Å²) in [6.07, 6.45) is 6.14. The van der Waals surface area contributed by atoms with Crippen molar-refractivity contribution in [3.63, 3.8) is 0 Å². The van der Waals surface area contributed by atoms with Crippen molar-refractivity contribution < 1.29 is 9.26 Å². The SMILES string of the molecule is CCCc1nc(C)n(-c2ccc3c(c2)C=CC(C)(C)O3)c(=O)c1Cc1ccc(-c2ccccc2-c2noc(=O)[nH]2)cc1.[K]. The van der Waals surface area contributed by atoms with Crippen LogP contribution in [0.15, 0.2) is 86.9 Å². The van der Waals surface area contributed by atoms with Crippen LogP contribution in [0.2, 0.25) is 0 Å². The normalized spacial score (nSPS) is 13.2. The van der Waals surface area contributed by atoms with Crippen molar-refractivity contribution in [3.05, 3.63) is 122 Å². The van der Waals surface area contributed by atoms with Gasteiger partial charge < -0.3 is 4.74 Å². The van der Waals surface area contributed by atoms with Crippen LogP contribution >= 0.6 is 0 Å². The maximum atomic E-state index is 14.1. The summed E-state index contributed by atoms with van der Waals surface area (Å²) in [6, 6.07) is 21.6. The predicted octanol–water partition coefficient (Wildman–Crippen LogP) is 5.90. The van der Waals surface area contributed by atoms with Gasteiger partial charge in [-0.2, -0.15) is 0 Å². The molecule has 0 bridgehead atoms. The van der Waals surface area contributed by atoms with E-state index < -0.39 is 5.76 Å². The Balaban J connectivity index is 0.00000368. The monoisotopic (exact) mass is 599 g/mol. The maximum absolute atomic E-state index is 14.1. The van der Waals surface area contributed by atoms with Crippen LogP contribution in [0.25, 0.3) is 34.3 Å². The summed E-state index contributed by atoms with van der Waals surface area (Å²) in [7, 11) is 0. The number of hydrogen-bond donors (Lipinski definition) is 1. The summed E-state index contributed by atoms with van der Waals surface area (Å²) < 4.78 is 12.5. The van der Waals surface area contributed by atoms with Crippen LogP contribution in [0, 0.1) is 6.92 Å². The van der Waals surface area contributed by atoms with Crippen molar-refractivity contribution >= 4 is 57.5 Å². The smallest absolute Gasteiger partial charge is 0.439 e. The second kappa shape index (κ2) is 12.7. The standard InChI is InChI=1S/C34H32N4O4.K/c1-5-8-29-28(32(39)38(21(2)35-29)25-15-16-30-24(20-25)17-18-34(3,4)41-30)19-22-11-13-23(14-12-22)26-9-6-7-10-27(26)31-36-33(40)42-37-31;/h6-7,9-18,20H,5,8,19H2,1-4H3,(H,36,37,40);. The first kappa shape index (κ1) is 31.1. The van der Waals surface area contributed by atoms with Gasteiger partial charge in [-0.15, -0.1) is 0 Å². The van der Waals surface area contributed by atoms with Crippen molar-refractivity contribution in [2.75, 3.05) is 0 Å². The Labute approximate surface area is 292 Å². The molecule has 0 fully saturated rings. The van der Waals surface area contributed by atoms with Gasteiger partial charge in [0.05, 0.1) is 11.4 Å². The van der Waals surface area contributed by atoms with E-state index in [2.05, 4.69) is 17.1 Å². The number of benzene rings is 3. The summed E-state index contributed by atoms with van der Waals surface area (Å²) in [5.41, 5.74) is 6.43. The minimum absolute atomic E-state index is 0. The van der Waals surface area contributed by atoms with Gasteiger partial charge in [0.2, 0.25) is 0 Å². The molecule has 5 aromatic rings. The van der Waals surface area contributed by atoms with Gasteiger partial charge in [0.1, 0.15) is 17.2 Å². The fourth-order valence-electron chi connectivity index (χ4n) is 5.44. The number of H-pyrrole nitrogens is 1. The molecule has 213 valence electrons. The zero-order valence-electron chi connectivity index (χ0n) is 25.1. The molecule has 0 aliphatic carbocycles. The Morgan fingerprint density at radius 3 is 2.42 bits per heavy atom. The third-order valence-electron chi connectivity index (χ3n) is 7.47. The van der Waals surface area contributed by atoms with Crippen molar-refractivity contribution in [1.82, 2.24) is 19.7 Å². The molecule has 0 amide bonds. The van der Waals surface area contributed by atoms with Crippen LogP contribution in [-0.4, -0.2) is 76.7 Å². The van der Waals surface area contributed by atoms with E-state index in [1.165, 1.54) is 0 Å². The van der Waals surface area contributed by atoms with E-state index in [9.17, 15) is 9.59 Å². The Kier molecular flexibility index (Phi) is 9.19. The molecular weight excluding hydrogens is 567 g/mol. The van der Waals surface area contributed by atoms with Gasteiger partial charge in [0.15, 0.2) is 5.82 Å². The van der Waals surface area contributed by atoms with Gasteiger partial charge in [-0.3, -0.25) is 18.9 Å². The van der Waals surface area contributed by atoms with E-state index in [4.69, 9.17) is 14.2 Å². The first-order valence-corrected chi connectivity index (χ1v) is 14.1. The predicted molar refractivity (Wildman–Crippen MR) is 169 cm³/mol. The van der Waals surface area contributed by atoms with Crippen LogP contribution in [0.4, 0.5) is 0 Å². The largest absolute Gasteiger partial charge is 0.483 e. The molecule has 1 aliphatic rings. The number of aryl methyl sites for hydroxylation is 2. The van der Waals surface area contributed by atoms with E-state index in [-0.39, 0.29) is 62.5 Å². The number of nitrogens with one attached hydrogen (secondary N) is 1. The van der Waals surface area contributed by atoms with Crippen molar-refractivity contribution in [2.45, 2.75) is 52.6 Å². The van der Waals surface area contributed by atoms with Gasteiger partial charge in [-0.1, -0.05) is 73.1 Å². The molecule has 3 heterocycles. The molecule has 9 heteroatoms. The molecule has 2 aromatic heterocycles. The Morgan fingerprint density at radius 1 is 0.977 bits per heavy atom. The van der Waals surface area contributed by atoms with Gasteiger partial charge in [0, 0.05) is 74.5 Å². The average molecular weight is 600 g/mol. The van der Waals surface area contributed by atoms with Gasteiger partial charge in [-0.25, -0.2) is 9.78 Å². The zero-order valence-corrected chi connectivity index (χ0v) is 28.2. The van der Waals surface area contributed by atoms with Crippen LogP contribution in [0.1, 0.15) is 55.4 Å². The maximum Gasteiger partial charge on any atom is 0.439 e. The first-order chi connectivity index (χ1) is 20.2. The number of nitrogens with zero attached hydrogens (tertiary/aromatic N) is 3. The molecule has 0 spiro atoms. The van der Waals surface area contributed by atoms with Gasteiger partial charge >= 0.3 is 5.76 Å². The molecule has 1 radical (unpaired) electrons. The van der Waals surface area contributed by atoms with Crippen LogP contribution in [0.5, 0.6) is 5.75 Å². The third kappa shape index (κ3) is 6.46. The van der Waals surface area contributed by atoms with Crippen LogP contribution in [-0.2, 0) is 12.8 Å². The molecule has 3 aromatic carbocycles. The quantitative estimate of drug-likeness (QED) is 0.234.